The van der Waals surface area contributed by atoms with E-state index in [4.69, 9.17) is 5.10 Å². The zero-order chi connectivity index (χ0) is 17.8. The Labute approximate surface area is 149 Å². The lowest BCUT2D eigenvalue weighted by molar-refractivity contribution is -0.140. The van der Waals surface area contributed by atoms with Gasteiger partial charge in [0.25, 0.3) is 0 Å². The summed E-state index contributed by atoms with van der Waals surface area (Å²) in [5, 5.41) is 14.5. The van der Waals surface area contributed by atoms with Crippen LogP contribution in [0.1, 0.15) is 51.3 Å². The molecule has 1 spiro atoms. The van der Waals surface area contributed by atoms with E-state index in [0.29, 0.717) is 17.4 Å². The zero-order valence-electron chi connectivity index (χ0n) is 15.6. The van der Waals surface area contributed by atoms with E-state index in [-0.39, 0.29) is 12.1 Å². The topological polar surface area (TPSA) is 61.6 Å². The summed E-state index contributed by atoms with van der Waals surface area (Å²) in [6.07, 6.45) is 5.27. The second kappa shape index (κ2) is 5.73. The summed E-state index contributed by atoms with van der Waals surface area (Å²) in [6.45, 7) is 9.73. The number of piperidine rings is 1. The van der Waals surface area contributed by atoms with Crippen molar-refractivity contribution >= 4 is 12.2 Å². The van der Waals surface area contributed by atoms with Crippen LogP contribution in [0.5, 0.6) is 0 Å². The first kappa shape index (κ1) is 16.9. The van der Waals surface area contributed by atoms with Crippen LogP contribution in [0, 0.1) is 18.3 Å². The number of anilines is 1. The van der Waals surface area contributed by atoms with E-state index in [1.54, 1.807) is 0 Å². The van der Waals surface area contributed by atoms with Crippen molar-refractivity contribution in [2.45, 2.75) is 58.0 Å². The van der Waals surface area contributed by atoms with Crippen LogP contribution >= 0.6 is 0 Å². The van der Waals surface area contributed by atoms with E-state index in [1.165, 1.54) is 5.69 Å². The van der Waals surface area contributed by atoms with Crippen LogP contribution in [0.2, 0.25) is 0 Å². The molecule has 2 aliphatic heterocycles. The van der Waals surface area contributed by atoms with Crippen LogP contribution < -0.4 is 4.90 Å². The summed E-state index contributed by atoms with van der Waals surface area (Å²) in [5.74, 6) is 1.48. The van der Waals surface area contributed by atoms with Crippen molar-refractivity contribution in [1.82, 2.24) is 14.7 Å². The summed E-state index contributed by atoms with van der Waals surface area (Å²) in [6, 6.07) is 2.69. The fourth-order valence-electron chi connectivity index (χ4n) is 5.35. The first-order valence-corrected chi connectivity index (χ1v) is 9.50. The molecule has 0 aromatic carbocycles. The molecule has 1 aromatic rings. The second-order valence-corrected chi connectivity index (χ2v) is 9.17. The Morgan fingerprint density at radius 2 is 2.04 bits per heavy atom. The van der Waals surface area contributed by atoms with Gasteiger partial charge in [0.2, 0.25) is 6.41 Å². The lowest BCUT2D eigenvalue weighted by Gasteiger charge is -2.58. The minimum Gasteiger partial charge on any atom is -0.396 e. The molecule has 1 amide bonds. The van der Waals surface area contributed by atoms with Crippen LogP contribution in [0.4, 0.5) is 5.82 Å². The average Bonchev–Trinajstić information content (AvgIpc) is 2.85. The second-order valence-electron chi connectivity index (χ2n) is 9.17. The molecule has 1 aromatic heterocycles. The molecule has 3 heterocycles. The zero-order valence-corrected chi connectivity index (χ0v) is 15.6. The standard InChI is InChI=1S/C19H30N4O2/c1-14-6-17(22-5-4-15(10-24)7-18(22,2)3)20-23(14)16-8-19(9-16)11-21(12-19)13-25/h6,13,15-16,24H,4-5,7-12H2,1-3H3. The van der Waals surface area contributed by atoms with E-state index in [1.807, 2.05) is 4.90 Å². The van der Waals surface area contributed by atoms with Gasteiger partial charge in [-0.1, -0.05) is 0 Å². The van der Waals surface area contributed by atoms with Gasteiger partial charge in [-0.3, -0.25) is 9.48 Å². The minimum absolute atomic E-state index is 0.0243. The van der Waals surface area contributed by atoms with Crippen molar-refractivity contribution < 1.29 is 9.90 Å². The van der Waals surface area contributed by atoms with Gasteiger partial charge in [-0.15, -0.1) is 0 Å². The number of aryl methyl sites for hydroxylation is 1. The molecule has 3 aliphatic rings. The maximum atomic E-state index is 10.8. The molecular weight excluding hydrogens is 316 g/mol. The van der Waals surface area contributed by atoms with Gasteiger partial charge in [0.15, 0.2) is 5.82 Å². The highest BCUT2D eigenvalue weighted by Gasteiger charge is 2.53. The summed E-state index contributed by atoms with van der Waals surface area (Å²) >= 11 is 0. The molecule has 1 aliphatic carbocycles. The molecule has 6 heteroatoms. The predicted molar refractivity (Wildman–Crippen MR) is 96.5 cm³/mol. The summed E-state index contributed by atoms with van der Waals surface area (Å²) in [7, 11) is 0. The molecular formula is C19H30N4O2. The molecule has 4 rings (SSSR count). The van der Waals surface area contributed by atoms with E-state index in [9.17, 15) is 9.90 Å². The number of hydrogen-bond acceptors (Lipinski definition) is 4. The maximum Gasteiger partial charge on any atom is 0.209 e. The number of carbonyl (C=O) groups is 1. The molecule has 6 nitrogen and oxygen atoms in total. The maximum absolute atomic E-state index is 10.8. The monoisotopic (exact) mass is 346 g/mol. The lowest BCUT2D eigenvalue weighted by Crippen LogP contribution is -2.61. The van der Waals surface area contributed by atoms with Gasteiger partial charge >= 0.3 is 0 Å². The van der Waals surface area contributed by atoms with E-state index in [2.05, 4.69) is 36.4 Å². The van der Waals surface area contributed by atoms with Crippen molar-refractivity contribution in [3.63, 3.8) is 0 Å². The highest BCUT2D eigenvalue weighted by Crippen LogP contribution is 2.54. The fraction of sp³-hybridized carbons (Fsp3) is 0.789. The Morgan fingerprint density at radius 3 is 2.64 bits per heavy atom. The minimum atomic E-state index is 0.0243. The largest absolute Gasteiger partial charge is 0.396 e. The number of rotatable bonds is 4. The third-order valence-electron chi connectivity index (χ3n) is 6.63. The number of aromatic nitrogens is 2. The van der Waals surface area contributed by atoms with Crippen molar-refractivity contribution in [3.05, 3.63) is 11.8 Å². The SMILES string of the molecule is Cc1cc(N2CCC(CO)CC2(C)C)nn1C1CC2(C1)CN(C=O)C2. The van der Waals surface area contributed by atoms with E-state index < -0.39 is 0 Å². The first-order chi connectivity index (χ1) is 11.9. The van der Waals surface area contributed by atoms with E-state index in [0.717, 1.165) is 57.5 Å². The molecule has 1 N–H and O–H groups in total. The third kappa shape index (κ3) is 2.75. The van der Waals surface area contributed by atoms with Crippen molar-refractivity contribution in [2.24, 2.45) is 11.3 Å². The number of amides is 1. The Bertz CT molecular complexity index is 654. The van der Waals surface area contributed by atoms with Crippen molar-refractivity contribution in [1.29, 1.82) is 0 Å². The van der Waals surface area contributed by atoms with Crippen molar-refractivity contribution in [3.8, 4) is 0 Å². The Morgan fingerprint density at radius 1 is 1.32 bits per heavy atom. The normalized spacial score (nSPS) is 27.9. The van der Waals surface area contributed by atoms with E-state index >= 15 is 0 Å². The number of aliphatic hydroxyl groups is 1. The molecule has 0 bridgehead atoms. The van der Waals surface area contributed by atoms with Gasteiger partial charge in [-0.25, -0.2) is 0 Å². The number of aliphatic hydroxyl groups excluding tert-OH is 1. The number of hydrogen-bond donors (Lipinski definition) is 1. The van der Waals surface area contributed by atoms with Gasteiger partial charge in [0.1, 0.15) is 0 Å². The molecule has 25 heavy (non-hydrogen) atoms. The first-order valence-electron chi connectivity index (χ1n) is 9.50. The fourth-order valence-corrected chi connectivity index (χ4v) is 5.35. The smallest absolute Gasteiger partial charge is 0.209 e. The van der Waals surface area contributed by atoms with Crippen molar-refractivity contribution in [2.75, 3.05) is 31.1 Å². The molecule has 1 unspecified atom stereocenters. The van der Waals surface area contributed by atoms with Gasteiger partial charge in [-0.2, -0.15) is 5.10 Å². The molecule has 0 radical (unpaired) electrons. The molecule has 138 valence electrons. The van der Waals surface area contributed by atoms with Gasteiger partial charge < -0.3 is 14.9 Å². The number of likely N-dealkylation sites (tertiary alicyclic amines) is 1. The predicted octanol–water partition coefficient (Wildman–Crippen LogP) is 1.97. The van der Waals surface area contributed by atoms with Crippen LogP contribution in [-0.4, -0.2) is 58.0 Å². The number of nitrogens with zero attached hydrogens (tertiary/aromatic N) is 4. The summed E-state index contributed by atoms with van der Waals surface area (Å²) in [4.78, 5) is 15.1. The lowest BCUT2D eigenvalue weighted by atomic mass is 9.61. The van der Waals surface area contributed by atoms with Crippen LogP contribution in [-0.2, 0) is 4.79 Å². The summed E-state index contributed by atoms with van der Waals surface area (Å²) < 4.78 is 2.21. The molecule has 1 saturated carbocycles. The van der Waals surface area contributed by atoms with Gasteiger partial charge in [0, 0.05) is 49.0 Å². The quantitative estimate of drug-likeness (QED) is 0.847. The third-order valence-corrected chi connectivity index (χ3v) is 6.63. The molecule has 3 fully saturated rings. The van der Waals surface area contributed by atoms with Crippen LogP contribution in [0.25, 0.3) is 0 Å². The van der Waals surface area contributed by atoms with Crippen LogP contribution in [0.15, 0.2) is 6.07 Å². The average molecular weight is 346 g/mol. The van der Waals surface area contributed by atoms with Gasteiger partial charge in [0.05, 0.1) is 6.04 Å². The Balaban J connectivity index is 1.46. The molecule has 1 atom stereocenters. The molecule has 2 saturated heterocycles. The highest BCUT2D eigenvalue weighted by molar-refractivity contribution is 5.50. The highest BCUT2D eigenvalue weighted by atomic mass is 16.3. The Hall–Kier alpha value is -1.56. The summed E-state index contributed by atoms with van der Waals surface area (Å²) in [5.41, 5.74) is 1.61. The number of carbonyl (C=O) groups excluding carboxylic acids is 1. The Kier molecular flexibility index (Phi) is 3.87. The van der Waals surface area contributed by atoms with Crippen LogP contribution in [0.3, 0.4) is 0 Å². The van der Waals surface area contributed by atoms with Gasteiger partial charge in [-0.05, 0) is 52.4 Å².